The largest absolute Gasteiger partial charge is 0.478 e. The summed E-state index contributed by atoms with van der Waals surface area (Å²) in [5.74, 6) is 0.895. The minimum Gasteiger partial charge on any atom is -0.478 e. The number of ether oxygens (including phenoxy) is 1. The Morgan fingerprint density at radius 1 is 0.969 bits per heavy atom. The first-order valence-corrected chi connectivity index (χ1v) is 11.2. The summed E-state index contributed by atoms with van der Waals surface area (Å²) in [6.45, 7) is 9.54. The number of carbonyl (C=O) groups is 1. The minimum absolute atomic E-state index is 0.246. The van der Waals surface area contributed by atoms with Crippen LogP contribution >= 0.6 is 15.9 Å². The van der Waals surface area contributed by atoms with Gasteiger partial charge in [-0.3, -0.25) is 4.79 Å². The van der Waals surface area contributed by atoms with E-state index in [2.05, 4.69) is 40.1 Å². The van der Waals surface area contributed by atoms with Gasteiger partial charge in [-0.15, -0.1) is 0 Å². The van der Waals surface area contributed by atoms with E-state index in [1.807, 2.05) is 61.5 Å². The Bertz CT molecular complexity index is 1270. The number of fused-ring (bicyclic) bond motifs is 1. The molecule has 32 heavy (non-hydrogen) atoms. The van der Waals surface area contributed by atoms with E-state index in [1.165, 1.54) is 5.56 Å². The maximum absolute atomic E-state index is 13.0. The number of carbonyl (C=O) groups excluding carboxylic acids is 1. The van der Waals surface area contributed by atoms with Crippen molar-refractivity contribution in [3.8, 4) is 17.2 Å². The number of anilines is 1. The molecule has 0 aliphatic carbocycles. The van der Waals surface area contributed by atoms with Crippen molar-refractivity contribution in [2.45, 2.75) is 40.2 Å². The number of hydrogen-bond donors (Lipinski definition) is 1. The van der Waals surface area contributed by atoms with Crippen LogP contribution in [0.2, 0.25) is 0 Å². The van der Waals surface area contributed by atoms with Gasteiger partial charge in [0.2, 0.25) is 5.89 Å². The SMILES string of the molecule is Cc1cc2nc(-c3ccc(C)c(NC(=O)C(C)(C)Oc4ccc(Br)cc4)c3)oc2cc1C. The molecule has 0 aliphatic heterocycles. The fourth-order valence-electron chi connectivity index (χ4n) is 3.31. The fraction of sp³-hybridized carbons (Fsp3) is 0.231. The third-order valence-corrected chi connectivity index (χ3v) is 6.00. The Kier molecular flexibility index (Phi) is 5.82. The zero-order chi connectivity index (χ0) is 23.0. The van der Waals surface area contributed by atoms with Gasteiger partial charge in [-0.1, -0.05) is 22.0 Å². The van der Waals surface area contributed by atoms with Gasteiger partial charge in [-0.2, -0.15) is 0 Å². The third-order valence-electron chi connectivity index (χ3n) is 5.47. The number of oxazole rings is 1. The van der Waals surface area contributed by atoms with E-state index in [9.17, 15) is 4.79 Å². The zero-order valence-electron chi connectivity index (χ0n) is 18.7. The molecule has 1 heterocycles. The lowest BCUT2D eigenvalue weighted by molar-refractivity contribution is -0.128. The molecule has 4 aromatic rings. The third kappa shape index (κ3) is 4.55. The second-order valence-corrected chi connectivity index (χ2v) is 9.39. The highest BCUT2D eigenvalue weighted by Gasteiger charge is 2.30. The zero-order valence-corrected chi connectivity index (χ0v) is 20.3. The van der Waals surface area contributed by atoms with Crippen molar-refractivity contribution in [3.63, 3.8) is 0 Å². The van der Waals surface area contributed by atoms with Crippen molar-refractivity contribution < 1.29 is 13.9 Å². The summed E-state index contributed by atoms with van der Waals surface area (Å²) < 4.78 is 12.9. The monoisotopic (exact) mass is 492 g/mol. The summed E-state index contributed by atoms with van der Waals surface area (Å²) in [6, 6.07) is 17.2. The van der Waals surface area contributed by atoms with Crippen molar-refractivity contribution in [1.82, 2.24) is 4.98 Å². The summed E-state index contributed by atoms with van der Waals surface area (Å²) in [4.78, 5) is 17.7. The molecule has 0 radical (unpaired) electrons. The predicted molar refractivity (Wildman–Crippen MR) is 131 cm³/mol. The molecule has 0 spiro atoms. The molecule has 5 nitrogen and oxygen atoms in total. The molecule has 0 unspecified atom stereocenters. The fourth-order valence-corrected chi connectivity index (χ4v) is 3.57. The molecular formula is C26H25BrN2O3. The van der Waals surface area contributed by atoms with Crippen molar-refractivity contribution >= 4 is 38.6 Å². The molecule has 1 N–H and O–H groups in total. The summed E-state index contributed by atoms with van der Waals surface area (Å²) in [7, 11) is 0. The number of aryl methyl sites for hydroxylation is 3. The first-order chi connectivity index (χ1) is 15.1. The van der Waals surface area contributed by atoms with E-state index in [-0.39, 0.29) is 5.91 Å². The quantitative estimate of drug-likeness (QED) is 0.326. The van der Waals surface area contributed by atoms with E-state index in [0.29, 0.717) is 17.3 Å². The average Bonchev–Trinajstić information content (AvgIpc) is 3.14. The highest BCUT2D eigenvalue weighted by atomic mass is 79.9. The number of benzene rings is 3. The highest BCUT2D eigenvalue weighted by Crippen LogP contribution is 2.30. The van der Waals surface area contributed by atoms with Crippen LogP contribution in [0, 0.1) is 20.8 Å². The molecule has 1 amide bonds. The van der Waals surface area contributed by atoms with Crippen LogP contribution < -0.4 is 10.1 Å². The van der Waals surface area contributed by atoms with E-state index in [0.717, 1.165) is 32.3 Å². The molecule has 6 heteroatoms. The number of nitrogens with one attached hydrogen (secondary N) is 1. The first kappa shape index (κ1) is 22.1. The van der Waals surface area contributed by atoms with Gasteiger partial charge in [0.25, 0.3) is 5.91 Å². The summed E-state index contributed by atoms with van der Waals surface area (Å²) >= 11 is 3.40. The van der Waals surface area contributed by atoms with Crippen LogP contribution in [-0.4, -0.2) is 16.5 Å². The molecule has 0 atom stereocenters. The maximum Gasteiger partial charge on any atom is 0.267 e. The molecule has 3 aromatic carbocycles. The van der Waals surface area contributed by atoms with E-state index >= 15 is 0 Å². The van der Waals surface area contributed by atoms with Gasteiger partial charge in [0, 0.05) is 15.7 Å². The Balaban J connectivity index is 1.58. The molecular weight excluding hydrogens is 468 g/mol. The van der Waals surface area contributed by atoms with Gasteiger partial charge >= 0.3 is 0 Å². The lowest BCUT2D eigenvalue weighted by Gasteiger charge is -2.26. The summed E-state index contributed by atoms with van der Waals surface area (Å²) in [5, 5.41) is 3.00. The van der Waals surface area contributed by atoms with Crippen LogP contribution in [0.25, 0.3) is 22.6 Å². The van der Waals surface area contributed by atoms with Gasteiger partial charge < -0.3 is 14.5 Å². The number of amides is 1. The van der Waals surface area contributed by atoms with Gasteiger partial charge in [0.05, 0.1) is 0 Å². The van der Waals surface area contributed by atoms with Crippen LogP contribution in [0.3, 0.4) is 0 Å². The summed E-state index contributed by atoms with van der Waals surface area (Å²) in [6.07, 6.45) is 0. The Morgan fingerprint density at radius 2 is 1.66 bits per heavy atom. The lowest BCUT2D eigenvalue weighted by Crippen LogP contribution is -2.42. The van der Waals surface area contributed by atoms with E-state index in [1.54, 1.807) is 13.8 Å². The number of halogens is 1. The second-order valence-electron chi connectivity index (χ2n) is 8.47. The normalized spacial score (nSPS) is 11.6. The van der Waals surface area contributed by atoms with E-state index < -0.39 is 5.60 Å². The number of hydrogen-bond acceptors (Lipinski definition) is 4. The van der Waals surface area contributed by atoms with Crippen molar-refractivity contribution in [2.75, 3.05) is 5.32 Å². The van der Waals surface area contributed by atoms with Crippen molar-refractivity contribution in [3.05, 3.63) is 75.8 Å². The van der Waals surface area contributed by atoms with Crippen molar-refractivity contribution in [2.24, 2.45) is 0 Å². The Hall–Kier alpha value is -3.12. The van der Waals surface area contributed by atoms with Crippen LogP contribution in [0.5, 0.6) is 5.75 Å². The molecule has 0 bridgehead atoms. The molecule has 164 valence electrons. The second kappa shape index (κ2) is 8.43. The molecule has 0 saturated carbocycles. The Morgan fingerprint density at radius 3 is 2.38 bits per heavy atom. The van der Waals surface area contributed by atoms with Gasteiger partial charge in [-0.05, 0) is 99.8 Å². The minimum atomic E-state index is -1.07. The molecule has 4 rings (SSSR count). The first-order valence-electron chi connectivity index (χ1n) is 10.4. The van der Waals surface area contributed by atoms with Crippen LogP contribution in [-0.2, 0) is 4.79 Å². The average molecular weight is 493 g/mol. The Labute approximate surface area is 195 Å². The number of nitrogens with zero attached hydrogens (tertiary/aromatic N) is 1. The van der Waals surface area contributed by atoms with Crippen LogP contribution in [0.4, 0.5) is 5.69 Å². The van der Waals surface area contributed by atoms with Gasteiger partial charge in [-0.25, -0.2) is 4.98 Å². The highest BCUT2D eigenvalue weighted by molar-refractivity contribution is 9.10. The molecule has 0 saturated heterocycles. The standard InChI is InChI=1S/C26H25BrN2O3/c1-15-6-7-18(24-28-22-12-16(2)17(3)13-23(22)31-24)14-21(15)29-25(30)26(4,5)32-20-10-8-19(27)9-11-20/h6-14H,1-5H3,(H,29,30). The number of aromatic nitrogens is 1. The smallest absolute Gasteiger partial charge is 0.267 e. The van der Waals surface area contributed by atoms with Crippen LogP contribution in [0.1, 0.15) is 30.5 Å². The molecule has 0 aliphatic rings. The molecule has 0 fully saturated rings. The molecule has 1 aromatic heterocycles. The van der Waals surface area contributed by atoms with E-state index in [4.69, 9.17) is 9.15 Å². The summed E-state index contributed by atoms with van der Waals surface area (Å²) in [5.41, 5.74) is 5.25. The topological polar surface area (TPSA) is 64.4 Å². The van der Waals surface area contributed by atoms with Gasteiger partial charge in [0.1, 0.15) is 11.3 Å². The predicted octanol–water partition coefficient (Wildman–Crippen LogP) is 6.98. The lowest BCUT2D eigenvalue weighted by atomic mass is 10.1. The number of rotatable bonds is 5. The van der Waals surface area contributed by atoms with Crippen LogP contribution in [0.15, 0.2) is 63.5 Å². The van der Waals surface area contributed by atoms with Gasteiger partial charge in [0.15, 0.2) is 11.2 Å². The van der Waals surface area contributed by atoms with Crippen molar-refractivity contribution in [1.29, 1.82) is 0 Å². The maximum atomic E-state index is 13.0.